The lowest BCUT2D eigenvalue weighted by atomic mass is 10.0. The average Bonchev–Trinajstić information content (AvgIpc) is 2.11. The molecule has 2 N–H and O–H groups in total. The molecular formula is C10H20N2O2. The summed E-state index contributed by atoms with van der Waals surface area (Å²) in [6, 6.07) is 0.129. The predicted molar refractivity (Wildman–Crippen MR) is 55.7 cm³/mol. The first kappa shape index (κ1) is 12.9. The van der Waals surface area contributed by atoms with Gasteiger partial charge in [-0.2, -0.15) is 0 Å². The first-order valence-corrected chi connectivity index (χ1v) is 5.02. The topological polar surface area (TPSA) is 58.2 Å². The van der Waals surface area contributed by atoms with Gasteiger partial charge in [-0.1, -0.05) is 6.92 Å². The van der Waals surface area contributed by atoms with Crippen LogP contribution in [0.1, 0.15) is 33.6 Å². The normalized spacial score (nSPS) is 12.4. The Hall–Kier alpha value is -1.06. The van der Waals surface area contributed by atoms with Gasteiger partial charge in [0.25, 0.3) is 0 Å². The van der Waals surface area contributed by atoms with Crippen LogP contribution < -0.4 is 10.6 Å². The maximum absolute atomic E-state index is 11.4. The molecule has 82 valence electrons. The number of carbonyl (C=O) groups is 2. The van der Waals surface area contributed by atoms with Crippen LogP contribution in [0.25, 0.3) is 0 Å². The Morgan fingerprint density at radius 3 is 2.21 bits per heavy atom. The molecule has 0 aliphatic heterocycles. The number of hydrogen-bond acceptors (Lipinski definition) is 2. The zero-order valence-corrected chi connectivity index (χ0v) is 9.39. The minimum atomic E-state index is -0.209. The Kier molecular flexibility index (Phi) is 5.92. The van der Waals surface area contributed by atoms with Gasteiger partial charge in [0, 0.05) is 25.4 Å². The fraction of sp³-hybridized carbons (Fsp3) is 0.800. The average molecular weight is 200 g/mol. The van der Waals surface area contributed by atoms with Crippen molar-refractivity contribution in [2.75, 3.05) is 7.05 Å². The molecule has 1 unspecified atom stereocenters. The SMILES string of the molecule is CCC(CC(=O)NC(C)C)C(=O)NC. The summed E-state index contributed by atoms with van der Waals surface area (Å²) in [4.78, 5) is 22.6. The van der Waals surface area contributed by atoms with Crippen LogP contribution in [0.3, 0.4) is 0 Å². The lowest BCUT2D eigenvalue weighted by Crippen LogP contribution is -2.35. The summed E-state index contributed by atoms with van der Waals surface area (Å²) in [7, 11) is 1.59. The Balaban J connectivity index is 4.05. The van der Waals surface area contributed by atoms with Crippen LogP contribution in [0.4, 0.5) is 0 Å². The molecule has 0 fully saturated rings. The lowest BCUT2D eigenvalue weighted by molar-refractivity contribution is -0.130. The molecule has 0 aromatic carbocycles. The molecule has 0 aliphatic rings. The van der Waals surface area contributed by atoms with E-state index in [4.69, 9.17) is 0 Å². The number of hydrogen-bond donors (Lipinski definition) is 2. The van der Waals surface area contributed by atoms with Gasteiger partial charge in [0.1, 0.15) is 0 Å². The van der Waals surface area contributed by atoms with Crippen molar-refractivity contribution in [2.24, 2.45) is 5.92 Å². The van der Waals surface area contributed by atoms with Gasteiger partial charge in [-0.25, -0.2) is 0 Å². The third-order valence-electron chi connectivity index (χ3n) is 1.99. The largest absolute Gasteiger partial charge is 0.359 e. The Labute approximate surface area is 85.4 Å². The van der Waals surface area contributed by atoms with Crippen molar-refractivity contribution < 1.29 is 9.59 Å². The van der Waals surface area contributed by atoms with Gasteiger partial charge in [-0.3, -0.25) is 9.59 Å². The maximum Gasteiger partial charge on any atom is 0.223 e. The second-order valence-electron chi connectivity index (χ2n) is 3.65. The van der Waals surface area contributed by atoms with Crippen LogP contribution in [0.15, 0.2) is 0 Å². The molecule has 0 aromatic rings. The molecule has 0 spiro atoms. The quantitative estimate of drug-likeness (QED) is 0.685. The summed E-state index contributed by atoms with van der Waals surface area (Å²) in [6.07, 6.45) is 0.958. The Morgan fingerprint density at radius 1 is 1.29 bits per heavy atom. The summed E-state index contributed by atoms with van der Waals surface area (Å²) >= 11 is 0. The third kappa shape index (κ3) is 4.84. The molecule has 0 saturated heterocycles. The first-order valence-electron chi connectivity index (χ1n) is 5.02. The van der Waals surface area contributed by atoms with E-state index in [1.165, 1.54) is 0 Å². The van der Waals surface area contributed by atoms with Crippen molar-refractivity contribution >= 4 is 11.8 Å². The smallest absolute Gasteiger partial charge is 0.223 e. The van der Waals surface area contributed by atoms with Crippen molar-refractivity contribution in [3.63, 3.8) is 0 Å². The number of rotatable bonds is 5. The summed E-state index contributed by atoms with van der Waals surface area (Å²) in [6.45, 7) is 5.71. The molecule has 0 aromatic heterocycles. The molecule has 0 radical (unpaired) electrons. The van der Waals surface area contributed by atoms with E-state index < -0.39 is 0 Å². The number of nitrogens with one attached hydrogen (secondary N) is 2. The molecule has 0 rings (SSSR count). The summed E-state index contributed by atoms with van der Waals surface area (Å²) in [5, 5.41) is 5.32. The molecule has 4 heteroatoms. The lowest BCUT2D eigenvalue weighted by Gasteiger charge is -2.14. The third-order valence-corrected chi connectivity index (χ3v) is 1.99. The van der Waals surface area contributed by atoms with Gasteiger partial charge in [0.05, 0.1) is 0 Å². The maximum atomic E-state index is 11.4. The first-order chi connectivity index (χ1) is 6.51. The Morgan fingerprint density at radius 2 is 1.86 bits per heavy atom. The summed E-state index contributed by atoms with van der Waals surface area (Å²) in [5.41, 5.74) is 0. The fourth-order valence-electron chi connectivity index (χ4n) is 1.23. The van der Waals surface area contributed by atoms with Crippen LogP contribution in [0.5, 0.6) is 0 Å². The molecule has 4 nitrogen and oxygen atoms in total. The molecule has 0 aliphatic carbocycles. The summed E-state index contributed by atoms with van der Waals surface area (Å²) in [5.74, 6) is -0.333. The number of amides is 2. The highest BCUT2D eigenvalue weighted by Crippen LogP contribution is 2.07. The van der Waals surface area contributed by atoms with Gasteiger partial charge in [-0.15, -0.1) is 0 Å². The second-order valence-corrected chi connectivity index (χ2v) is 3.65. The van der Waals surface area contributed by atoms with Crippen LogP contribution >= 0.6 is 0 Å². The highest BCUT2D eigenvalue weighted by atomic mass is 16.2. The molecule has 1 atom stereocenters. The van der Waals surface area contributed by atoms with Gasteiger partial charge in [0.15, 0.2) is 0 Å². The van der Waals surface area contributed by atoms with E-state index in [2.05, 4.69) is 10.6 Å². The predicted octanol–water partition coefficient (Wildman–Crippen LogP) is 0.673. The van der Waals surface area contributed by atoms with Crippen molar-refractivity contribution in [3.8, 4) is 0 Å². The van der Waals surface area contributed by atoms with Crippen molar-refractivity contribution in [1.29, 1.82) is 0 Å². The summed E-state index contributed by atoms with van der Waals surface area (Å²) < 4.78 is 0. The molecule has 0 heterocycles. The van der Waals surface area contributed by atoms with Gasteiger partial charge in [-0.05, 0) is 20.3 Å². The molecule has 0 saturated carbocycles. The van der Waals surface area contributed by atoms with E-state index in [1.807, 2.05) is 20.8 Å². The van der Waals surface area contributed by atoms with E-state index in [9.17, 15) is 9.59 Å². The molecule has 2 amide bonds. The van der Waals surface area contributed by atoms with Crippen LogP contribution in [-0.4, -0.2) is 24.9 Å². The minimum absolute atomic E-state index is 0.0598. The van der Waals surface area contributed by atoms with E-state index in [0.29, 0.717) is 6.42 Å². The van der Waals surface area contributed by atoms with E-state index in [-0.39, 0.29) is 30.2 Å². The van der Waals surface area contributed by atoms with E-state index >= 15 is 0 Å². The zero-order valence-electron chi connectivity index (χ0n) is 9.39. The Bertz CT molecular complexity index is 202. The fourth-order valence-corrected chi connectivity index (χ4v) is 1.23. The minimum Gasteiger partial charge on any atom is -0.359 e. The van der Waals surface area contributed by atoms with Crippen molar-refractivity contribution in [3.05, 3.63) is 0 Å². The molecule has 0 bridgehead atoms. The van der Waals surface area contributed by atoms with Gasteiger partial charge < -0.3 is 10.6 Å². The molecular weight excluding hydrogens is 180 g/mol. The van der Waals surface area contributed by atoms with Crippen molar-refractivity contribution in [1.82, 2.24) is 10.6 Å². The standard InChI is InChI=1S/C10H20N2O2/c1-5-8(10(14)11-4)6-9(13)12-7(2)3/h7-8H,5-6H2,1-4H3,(H,11,14)(H,12,13). The monoisotopic (exact) mass is 200 g/mol. The van der Waals surface area contributed by atoms with Gasteiger partial charge in [0.2, 0.25) is 11.8 Å². The van der Waals surface area contributed by atoms with Crippen molar-refractivity contribution in [2.45, 2.75) is 39.7 Å². The molecule has 14 heavy (non-hydrogen) atoms. The zero-order chi connectivity index (χ0) is 11.1. The van der Waals surface area contributed by atoms with Crippen LogP contribution in [-0.2, 0) is 9.59 Å². The van der Waals surface area contributed by atoms with Gasteiger partial charge >= 0.3 is 0 Å². The highest BCUT2D eigenvalue weighted by molar-refractivity contribution is 5.85. The number of carbonyl (C=O) groups excluding carboxylic acids is 2. The van der Waals surface area contributed by atoms with Crippen LogP contribution in [0.2, 0.25) is 0 Å². The highest BCUT2D eigenvalue weighted by Gasteiger charge is 2.18. The van der Waals surface area contributed by atoms with E-state index in [0.717, 1.165) is 0 Å². The van der Waals surface area contributed by atoms with Crippen LogP contribution in [0, 0.1) is 5.92 Å². The second kappa shape index (κ2) is 6.40. The van der Waals surface area contributed by atoms with E-state index in [1.54, 1.807) is 7.05 Å².